The standard InChI is InChI=1S/C22H27N3O3S/c1-28-18-6-4-17(5-7-18)25-21(26)13-20(22(25)27)23-14-16-8-10-24(11-9-16)15-19-3-2-12-29-19/h2-7,12,16,20,23H,8-11,13-15H2,1H3/t20-/m1/s1. The van der Waals surface area contributed by atoms with Crippen molar-refractivity contribution in [2.24, 2.45) is 5.92 Å². The number of amides is 2. The first kappa shape index (κ1) is 20.1. The third-order valence-electron chi connectivity index (χ3n) is 5.80. The first-order valence-electron chi connectivity index (χ1n) is 10.1. The zero-order chi connectivity index (χ0) is 20.2. The molecule has 0 saturated carbocycles. The average Bonchev–Trinajstić information content (AvgIpc) is 3.35. The van der Waals surface area contributed by atoms with Crippen molar-refractivity contribution < 1.29 is 14.3 Å². The lowest BCUT2D eigenvalue weighted by Gasteiger charge is -2.32. The second kappa shape index (κ2) is 9.07. The molecule has 29 heavy (non-hydrogen) atoms. The largest absolute Gasteiger partial charge is 0.497 e. The number of nitrogens with one attached hydrogen (secondary N) is 1. The van der Waals surface area contributed by atoms with E-state index in [1.165, 1.54) is 9.78 Å². The second-order valence-electron chi connectivity index (χ2n) is 7.73. The number of imide groups is 1. The Morgan fingerprint density at radius 2 is 1.90 bits per heavy atom. The van der Waals surface area contributed by atoms with Gasteiger partial charge in [-0.1, -0.05) is 6.07 Å². The number of methoxy groups -OCH3 is 1. The van der Waals surface area contributed by atoms with Crippen LogP contribution in [0.15, 0.2) is 41.8 Å². The second-order valence-corrected chi connectivity index (χ2v) is 8.76. The van der Waals surface area contributed by atoms with Gasteiger partial charge in [-0.25, -0.2) is 4.90 Å². The molecule has 1 atom stereocenters. The van der Waals surface area contributed by atoms with E-state index in [0.29, 0.717) is 17.4 Å². The fourth-order valence-corrected chi connectivity index (χ4v) is 4.82. The molecule has 2 aromatic rings. The molecule has 1 aromatic heterocycles. The number of carbonyl (C=O) groups excluding carboxylic acids is 2. The van der Waals surface area contributed by atoms with Crippen LogP contribution in [0.25, 0.3) is 0 Å². The monoisotopic (exact) mass is 413 g/mol. The number of rotatable bonds is 7. The Hall–Kier alpha value is -2.22. The Balaban J connectivity index is 1.26. The topological polar surface area (TPSA) is 61.9 Å². The molecule has 2 saturated heterocycles. The summed E-state index contributed by atoms with van der Waals surface area (Å²) in [5, 5.41) is 5.49. The summed E-state index contributed by atoms with van der Waals surface area (Å²) in [6.45, 7) is 3.98. The Bertz CT molecular complexity index is 829. The molecule has 2 amide bonds. The summed E-state index contributed by atoms with van der Waals surface area (Å²) in [6, 6.07) is 10.9. The van der Waals surface area contributed by atoms with Crippen molar-refractivity contribution >= 4 is 28.8 Å². The van der Waals surface area contributed by atoms with Gasteiger partial charge in [-0.05, 0) is 74.1 Å². The van der Waals surface area contributed by atoms with Crippen molar-refractivity contribution in [3.05, 3.63) is 46.7 Å². The highest BCUT2D eigenvalue weighted by molar-refractivity contribution is 7.09. The summed E-state index contributed by atoms with van der Waals surface area (Å²) >= 11 is 1.81. The normalized spacial score (nSPS) is 21.1. The molecule has 1 N–H and O–H groups in total. The number of benzene rings is 1. The molecular formula is C22H27N3O3S. The van der Waals surface area contributed by atoms with E-state index in [2.05, 4.69) is 27.7 Å². The van der Waals surface area contributed by atoms with Gasteiger partial charge >= 0.3 is 0 Å². The molecule has 4 rings (SSSR count). The van der Waals surface area contributed by atoms with E-state index in [0.717, 1.165) is 39.0 Å². The van der Waals surface area contributed by atoms with Gasteiger partial charge in [-0.3, -0.25) is 14.5 Å². The molecule has 0 bridgehead atoms. The highest BCUT2D eigenvalue weighted by atomic mass is 32.1. The number of carbonyl (C=O) groups is 2. The van der Waals surface area contributed by atoms with Crippen LogP contribution >= 0.6 is 11.3 Å². The smallest absolute Gasteiger partial charge is 0.251 e. The van der Waals surface area contributed by atoms with Gasteiger partial charge in [0.25, 0.3) is 5.91 Å². The maximum atomic E-state index is 12.8. The van der Waals surface area contributed by atoms with Crippen molar-refractivity contribution in [3.8, 4) is 5.75 Å². The molecule has 2 aliphatic rings. The number of hydrogen-bond donors (Lipinski definition) is 1. The van der Waals surface area contributed by atoms with Crippen LogP contribution in [0.2, 0.25) is 0 Å². The maximum absolute atomic E-state index is 12.8. The summed E-state index contributed by atoms with van der Waals surface area (Å²) in [7, 11) is 1.59. The van der Waals surface area contributed by atoms with Gasteiger partial charge in [0.2, 0.25) is 5.91 Å². The Kier molecular flexibility index (Phi) is 6.28. The number of piperidine rings is 1. The molecular weight excluding hydrogens is 386 g/mol. The molecule has 7 heteroatoms. The van der Waals surface area contributed by atoms with Crippen molar-refractivity contribution in [1.29, 1.82) is 0 Å². The van der Waals surface area contributed by atoms with Crippen molar-refractivity contribution in [1.82, 2.24) is 10.2 Å². The van der Waals surface area contributed by atoms with Gasteiger partial charge in [0.1, 0.15) is 5.75 Å². The van der Waals surface area contributed by atoms with E-state index in [1.807, 2.05) is 11.3 Å². The highest BCUT2D eigenvalue weighted by Crippen LogP contribution is 2.26. The molecule has 2 aliphatic heterocycles. The van der Waals surface area contributed by atoms with Crippen LogP contribution in [0.3, 0.4) is 0 Å². The van der Waals surface area contributed by atoms with Gasteiger partial charge in [0.05, 0.1) is 25.3 Å². The van der Waals surface area contributed by atoms with Crippen molar-refractivity contribution in [2.75, 3.05) is 31.6 Å². The van der Waals surface area contributed by atoms with Gasteiger partial charge in [0, 0.05) is 11.4 Å². The Morgan fingerprint density at radius 1 is 1.14 bits per heavy atom. The third kappa shape index (κ3) is 4.69. The number of ether oxygens (including phenoxy) is 1. The number of anilines is 1. The molecule has 1 aromatic carbocycles. The minimum Gasteiger partial charge on any atom is -0.497 e. The van der Waals surface area contributed by atoms with E-state index in [9.17, 15) is 9.59 Å². The minimum atomic E-state index is -0.422. The van der Waals surface area contributed by atoms with Crippen LogP contribution in [0.5, 0.6) is 5.75 Å². The average molecular weight is 414 g/mol. The summed E-state index contributed by atoms with van der Waals surface area (Å²) in [4.78, 5) is 30.4. The SMILES string of the molecule is COc1ccc(N2C(=O)C[C@@H](NCC3CCN(Cc4cccs4)CC3)C2=O)cc1. The number of nitrogens with zero attached hydrogens (tertiary/aromatic N) is 2. The third-order valence-corrected chi connectivity index (χ3v) is 6.66. The lowest BCUT2D eigenvalue weighted by Crippen LogP contribution is -2.43. The Morgan fingerprint density at radius 3 is 2.55 bits per heavy atom. The molecule has 2 fully saturated rings. The van der Waals surface area contributed by atoms with E-state index in [4.69, 9.17) is 4.74 Å². The van der Waals surface area contributed by atoms with Crippen LogP contribution in [-0.2, 0) is 16.1 Å². The first-order valence-corrected chi connectivity index (χ1v) is 11.0. The number of hydrogen-bond acceptors (Lipinski definition) is 6. The van der Waals surface area contributed by atoms with Gasteiger partial charge in [-0.2, -0.15) is 0 Å². The lowest BCUT2D eigenvalue weighted by atomic mass is 9.96. The molecule has 154 valence electrons. The summed E-state index contributed by atoms with van der Waals surface area (Å²) in [5.41, 5.74) is 0.604. The van der Waals surface area contributed by atoms with E-state index in [1.54, 1.807) is 31.4 Å². The van der Waals surface area contributed by atoms with E-state index < -0.39 is 6.04 Å². The van der Waals surface area contributed by atoms with Gasteiger partial charge in [-0.15, -0.1) is 11.3 Å². The zero-order valence-electron chi connectivity index (χ0n) is 16.7. The lowest BCUT2D eigenvalue weighted by molar-refractivity contribution is -0.121. The zero-order valence-corrected chi connectivity index (χ0v) is 17.5. The predicted molar refractivity (Wildman–Crippen MR) is 114 cm³/mol. The number of thiophene rings is 1. The highest BCUT2D eigenvalue weighted by Gasteiger charge is 2.39. The van der Waals surface area contributed by atoms with Crippen LogP contribution in [-0.4, -0.2) is 49.5 Å². The molecule has 0 radical (unpaired) electrons. The Labute approximate surface area is 175 Å². The quantitative estimate of drug-likeness (QED) is 0.708. The fraction of sp³-hybridized carbons (Fsp3) is 0.455. The predicted octanol–water partition coefficient (Wildman–Crippen LogP) is 2.89. The van der Waals surface area contributed by atoms with Crippen molar-refractivity contribution in [3.63, 3.8) is 0 Å². The molecule has 6 nitrogen and oxygen atoms in total. The molecule has 0 spiro atoms. The van der Waals surface area contributed by atoms with Gasteiger partial charge in [0.15, 0.2) is 0 Å². The molecule has 0 aliphatic carbocycles. The minimum absolute atomic E-state index is 0.150. The fourth-order valence-electron chi connectivity index (χ4n) is 4.07. The summed E-state index contributed by atoms with van der Waals surface area (Å²) in [6.07, 6.45) is 2.47. The number of likely N-dealkylation sites (tertiary alicyclic amines) is 1. The van der Waals surface area contributed by atoms with E-state index >= 15 is 0 Å². The first-order chi connectivity index (χ1) is 14.1. The molecule has 3 heterocycles. The van der Waals surface area contributed by atoms with Crippen molar-refractivity contribution in [2.45, 2.75) is 31.8 Å². The van der Waals surface area contributed by atoms with E-state index in [-0.39, 0.29) is 18.2 Å². The summed E-state index contributed by atoms with van der Waals surface area (Å²) in [5.74, 6) is 0.944. The van der Waals surface area contributed by atoms with Crippen LogP contribution < -0.4 is 15.0 Å². The van der Waals surface area contributed by atoms with Crippen LogP contribution in [0, 0.1) is 5.92 Å². The van der Waals surface area contributed by atoms with Gasteiger partial charge < -0.3 is 10.1 Å². The van der Waals surface area contributed by atoms with Crippen LogP contribution in [0.1, 0.15) is 24.1 Å². The maximum Gasteiger partial charge on any atom is 0.251 e. The summed E-state index contributed by atoms with van der Waals surface area (Å²) < 4.78 is 5.15. The van der Waals surface area contributed by atoms with Crippen LogP contribution in [0.4, 0.5) is 5.69 Å². The molecule has 0 unspecified atom stereocenters.